The zero-order chi connectivity index (χ0) is 14.3. The summed E-state index contributed by atoms with van der Waals surface area (Å²) in [6.07, 6.45) is -0.559. The van der Waals surface area contributed by atoms with Crippen molar-refractivity contribution in [2.45, 2.75) is 25.9 Å². The second-order valence-electron chi connectivity index (χ2n) is 5.14. The molecule has 108 valence electrons. The van der Waals surface area contributed by atoms with Gasteiger partial charge in [-0.2, -0.15) is 0 Å². The van der Waals surface area contributed by atoms with E-state index in [0.29, 0.717) is 19.0 Å². The number of hydrogen-bond donors (Lipinski definition) is 2. The lowest BCUT2D eigenvalue weighted by atomic mass is 10.0. The van der Waals surface area contributed by atoms with E-state index in [2.05, 4.69) is 13.8 Å². The monoisotopic (exact) mass is 267 g/mol. The Hall–Kier alpha value is -1.10. The fourth-order valence-electron chi connectivity index (χ4n) is 1.95. The van der Waals surface area contributed by atoms with E-state index in [9.17, 15) is 5.11 Å². The molecule has 0 amide bonds. The first-order chi connectivity index (χ1) is 9.04. The first kappa shape index (κ1) is 16.0. The fourth-order valence-corrected chi connectivity index (χ4v) is 1.95. The van der Waals surface area contributed by atoms with E-state index in [-0.39, 0.29) is 13.2 Å². The highest BCUT2D eigenvalue weighted by Crippen LogP contribution is 2.25. The molecule has 0 radical (unpaired) electrons. The predicted octanol–water partition coefficient (Wildman–Crippen LogP) is 1.47. The van der Waals surface area contributed by atoms with Crippen molar-refractivity contribution >= 4 is 0 Å². The number of para-hydroxylation sites is 1. The van der Waals surface area contributed by atoms with Crippen molar-refractivity contribution in [3.8, 4) is 5.75 Å². The molecule has 0 heterocycles. The molecular formula is C15H25NO3. The van der Waals surface area contributed by atoms with Gasteiger partial charge in [-0.1, -0.05) is 32.0 Å². The maximum atomic E-state index is 9.89. The molecule has 2 N–H and O–H groups in total. The van der Waals surface area contributed by atoms with E-state index < -0.39 is 6.10 Å². The molecule has 0 aromatic heterocycles. The van der Waals surface area contributed by atoms with Gasteiger partial charge < -0.3 is 19.8 Å². The number of aliphatic hydroxyl groups is 2. The molecule has 0 aliphatic rings. The minimum atomic E-state index is -0.559. The largest absolute Gasteiger partial charge is 0.491 e. The van der Waals surface area contributed by atoms with Crippen molar-refractivity contribution in [3.05, 3.63) is 29.8 Å². The number of benzene rings is 1. The van der Waals surface area contributed by atoms with Gasteiger partial charge in [-0.05, 0) is 24.6 Å². The van der Waals surface area contributed by atoms with E-state index in [1.807, 2.05) is 36.2 Å². The van der Waals surface area contributed by atoms with Gasteiger partial charge in [-0.25, -0.2) is 0 Å². The molecule has 1 aromatic rings. The van der Waals surface area contributed by atoms with Crippen molar-refractivity contribution in [3.63, 3.8) is 0 Å². The van der Waals surface area contributed by atoms with Crippen LogP contribution in [0.15, 0.2) is 24.3 Å². The second kappa shape index (κ2) is 8.15. The number of hydrogen-bond acceptors (Lipinski definition) is 4. The normalized spacial score (nSPS) is 13.0. The molecule has 0 fully saturated rings. The summed E-state index contributed by atoms with van der Waals surface area (Å²) >= 11 is 0. The van der Waals surface area contributed by atoms with Crippen molar-refractivity contribution < 1.29 is 14.9 Å². The van der Waals surface area contributed by atoms with E-state index in [0.717, 1.165) is 11.3 Å². The summed E-state index contributed by atoms with van der Waals surface area (Å²) in [5.41, 5.74) is 1.15. The minimum absolute atomic E-state index is 0.0975. The maximum absolute atomic E-state index is 9.89. The van der Waals surface area contributed by atoms with Gasteiger partial charge in [0.05, 0.1) is 6.61 Å². The van der Waals surface area contributed by atoms with Crippen molar-refractivity contribution in [1.29, 1.82) is 0 Å². The summed E-state index contributed by atoms with van der Waals surface area (Å²) in [6.45, 7) is 5.64. The summed E-state index contributed by atoms with van der Waals surface area (Å²) < 4.78 is 5.70. The lowest BCUT2D eigenvalue weighted by Gasteiger charge is -2.21. The molecule has 1 unspecified atom stereocenters. The van der Waals surface area contributed by atoms with Crippen LogP contribution in [0.25, 0.3) is 0 Å². The highest BCUT2D eigenvalue weighted by Gasteiger charge is 2.11. The van der Waals surface area contributed by atoms with Crippen molar-refractivity contribution in [2.24, 2.45) is 0 Å². The Kier molecular flexibility index (Phi) is 6.84. The van der Waals surface area contributed by atoms with Gasteiger partial charge in [0.1, 0.15) is 18.5 Å². The highest BCUT2D eigenvalue weighted by molar-refractivity contribution is 5.35. The SMILES string of the molecule is CC(C)c1ccccc1OCC(O)CN(C)CCO. The molecule has 0 aliphatic heterocycles. The Labute approximate surface area is 115 Å². The number of likely N-dealkylation sites (N-methyl/N-ethyl adjacent to an activating group) is 1. The first-order valence-corrected chi connectivity index (χ1v) is 6.73. The molecule has 1 aromatic carbocycles. The predicted molar refractivity (Wildman–Crippen MR) is 76.6 cm³/mol. The van der Waals surface area contributed by atoms with Crippen LogP contribution in [-0.4, -0.2) is 54.6 Å². The summed E-state index contributed by atoms with van der Waals surface area (Å²) in [6, 6.07) is 7.91. The number of ether oxygens (including phenoxy) is 1. The van der Waals surface area contributed by atoms with Crippen LogP contribution in [0, 0.1) is 0 Å². The third-order valence-corrected chi connectivity index (χ3v) is 2.98. The zero-order valence-corrected chi connectivity index (χ0v) is 12.0. The van der Waals surface area contributed by atoms with Gasteiger partial charge in [0.2, 0.25) is 0 Å². The molecule has 19 heavy (non-hydrogen) atoms. The first-order valence-electron chi connectivity index (χ1n) is 6.73. The molecule has 0 saturated heterocycles. The summed E-state index contributed by atoms with van der Waals surface area (Å²) in [4.78, 5) is 1.88. The van der Waals surface area contributed by atoms with Crippen LogP contribution in [-0.2, 0) is 0 Å². The Morgan fingerprint density at radius 2 is 1.95 bits per heavy atom. The van der Waals surface area contributed by atoms with Crippen LogP contribution < -0.4 is 4.74 Å². The summed E-state index contributed by atoms with van der Waals surface area (Å²) in [5.74, 6) is 1.23. The van der Waals surface area contributed by atoms with Crippen molar-refractivity contribution in [1.82, 2.24) is 4.90 Å². The van der Waals surface area contributed by atoms with Crippen LogP contribution in [0.5, 0.6) is 5.75 Å². The quantitative estimate of drug-likeness (QED) is 0.749. The highest BCUT2D eigenvalue weighted by atomic mass is 16.5. The lowest BCUT2D eigenvalue weighted by Crippen LogP contribution is -2.34. The zero-order valence-electron chi connectivity index (χ0n) is 12.0. The van der Waals surface area contributed by atoms with Crippen LogP contribution in [0.3, 0.4) is 0 Å². The topological polar surface area (TPSA) is 52.9 Å². The van der Waals surface area contributed by atoms with Crippen molar-refractivity contribution in [2.75, 3.05) is 33.4 Å². The lowest BCUT2D eigenvalue weighted by molar-refractivity contribution is 0.0706. The van der Waals surface area contributed by atoms with Gasteiger partial charge in [-0.15, -0.1) is 0 Å². The van der Waals surface area contributed by atoms with Gasteiger partial charge in [0.25, 0.3) is 0 Å². The molecule has 0 spiro atoms. The molecule has 4 nitrogen and oxygen atoms in total. The Morgan fingerprint density at radius 1 is 1.26 bits per heavy atom. The van der Waals surface area contributed by atoms with Gasteiger partial charge in [0.15, 0.2) is 0 Å². The number of aliphatic hydroxyl groups excluding tert-OH is 2. The van der Waals surface area contributed by atoms with Crippen LogP contribution in [0.2, 0.25) is 0 Å². The van der Waals surface area contributed by atoms with Gasteiger partial charge in [-0.3, -0.25) is 0 Å². The van der Waals surface area contributed by atoms with Crippen LogP contribution in [0.4, 0.5) is 0 Å². The maximum Gasteiger partial charge on any atom is 0.122 e. The minimum Gasteiger partial charge on any atom is -0.491 e. The van der Waals surface area contributed by atoms with Gasteiger partial charge in [0, 0.05) is 13.1 Å². The molecule has 0 bridgehead atoms. The molecule has 0 aliphatic carbocycles. The standard InChI is InChI=1S/C15H25NO3/c1-12(2)14-6-4-5-7-15(14)19-11-13(18)10-16(3)8-9-17/h4-7,12-13,17-18H,8-11H2,1-3H3. The third kappa shape index (κ3) is 5.59. The Bertz CT molecular complexity index is 368. The smallest absolute Gasteiger partial charge is 0.122 e. The molecular weight excluding hydrogens is 242 g/mol. The van der Waals surface area contributed by atoms with E-state index in [4.69, 9.17) is 9.84 Å². The van der Waals surface area contributed by atoms with E-state index in [1.54, 1.807) is 0 Å². The molecule has 4 heteroatoms. The molecule has 0 saturated carbocycles. The number of rotatable bonds is 8. The summed E-state index contributed by atoms with van der Waals surface area (Å²) in [5, 5.41) is 18.7. The van der Waals surface area contributed by atoms with E-state index in [1.165, 1.54) is 0 Å². The molecule has 1 rings (SSSR count). The van der Waals surface area contributed by atoms with Gasteiger partial charge >= 0.3 is 0 Å². The van der Waals surface area contributed by atoms with Crippen LogP contribution >= 0.6 is 0 Å². The fraction of sp³-hybridized carbons (Fsp3) is 0.600. The summed E-state index contributed by atoms with van der Waals surface area (Å²) in [7, 11) is 1.86. The number of nitrogens with zero attached hydrogens (tertiary/aromatic N) is 1. The van der Waals surface area contributed by atoms with E-state index >= 15 is 0 Å². The average Bonchev–Trinajstić information content (AvgIpc) is 2.36. The van der Waals surface area contributed by atoms with Crippen LogP contribution in [0.1, 0.15) is 25.3 Å². The third-order valence-electron chi connectivity index (χ3n) is 2.98. The molecule has 1 atom stereocenters. The second-order valence-corrected chi connectivity index (χ2v) is 5.14. The Morgan fingerprint density at radius 3 is 2.58 bits per heavy atom. The Balaban J connectivity index is 2.48. The average molecular weight is 267 g/mol.